The molecule has 4 nitrogen and oxygen atoms in total. The Bertz CT molecular complexity index is 466. The fourth-order valence-corrected chi connectivity index (χ4v) is 1.35. The standard InChI is InChI=1S/C13H14N2O2/c1-10-3-5-12(6-4-10)17-13-8-14-11(7-15-13)9-16-2/h3-8H,9H2,1-2H3. The summed E-state index contributed by atoms with van der Waals surface area (Å²) in [6.07, 6.45) is 3.24. The van der Waals surface area contributed by atoms with Gasteiger partial charge in [-0.2, -0.15) is 0 Å². The number of hydrogen-bond acceptors (Lipinski definition) is 4. The molecule has 0 radical (unpaired) electrons. The van der Waals surface area contributed by atoms with Crippen LogP contribution in [0, 0.1) is 6.92 Å². The van der Waals surface area contributed by atoms with Crippen molar-refractivity contribution in [2.45, 2.75) is 13.5 Å². The summed E-state index contributed by atoms with van der Waals surface area (Å²) < 4.78 is 10.5. The molecule has 0 aliphatic rings. The van der Waals surface area contributed by atoms with E-state index in [1.165, 1.54) is 5.56 Å². The van der Waals surface area contributed by atoms with Crippen LogP contribution in [0.2, 0.25) is 0 Å². The highest BCUT2D eigenvalue weighted by Crippen LogP contribution is 2.18. The van der Waals surface area contributed by atoms with E-state index in [1.54, 1.807) is 19.5 Å². The van der Waals surface area contributed by atoms with E-state index in [-0.39, 0.29) is 0 Å². The third-order valence-electron chi connectivity index (χ3n) is 2.22. The van der Waals surface area contributed by atoms with E-state index in [9.17, 15) is 0 Å². The van der Waals surface area contributed by atoms with Crippen LogP contribution in [0.5, 0.6) is 11.6 Å². The van der Waals surface area contributed by atoms with Gasteiger partial charge in [0.2, 0.25) is 5.88 Å². The molecule has 0 bridgehead atoms. The molecule has 1 aromatic carbocycles. The maximum atomic E-state index is 5.55. The molecule has 0 saturated heterocycles. The van der Waals surface area contributed by atoms with Crippen molar-refractivity contribution in [3.63, 3.8) is 0 Å². The first kappa shape index (κ1) is 11.5. The van der Waals surface area contributed by atoms with Gasteiger partial charge >= 0.3 is 0 Å². The summed E-state index contributed by atoms with van der Waals surface area (Å²) in [6, 6.07) is 7.78. The van der Waals surface area contributed by atoms with Crippen LogP contribution in [0.4, 0.5) is 0 Å². The van der Waals surface area contributed by atoms with Crippen molar-refractivity contribution in [1.29, 1.82) is 0 Å². The maximum absolute atomic E-state index is 5.55. The number of ether oxygens (including phenoxy) is 2. The van der Waals surface area contributed by atoms with E-state index < -0.39 is 0 Å². The average molecular weight is 230 g/mol. The van der Waals surface area contributed by atoms with Gasteiger partial charge in [-0.25, -0.2) is 4.98 Å². The lowest BCUT2D eigenvalue weighted by Crippen LogP contribution is -1.95. The van der Waals surface area contributed by atoms with Crippen molar-refractivity contribution in [3.8, 4) is 11.6 Å². The number of hydrogen-bond donors (Lipinski definition) is 0. The van der Waals surface area contributed by atoms with Gasteiger partial charge in [-0.15, -0.1) is 0 Å². The van der Waals surface area contributed by atoms with Gasteiger partial charge in [-0.1, -0.05) is 17.7 Å². The van der Waals surface area contributed by atoms with E-state index in [1.807, 2.05) is 31.2 Å². The van der Waals surface area contributed by atoms with E-state index in [0.29, 0.717) is 12.5 Å². The Hall–Kier alpha value is -1.94. The van der Waals surface area contributed by atoms with Crippen LogP contribution in [0.3, 0.4) is 0 Å². The zero-order valence-corrected chi connectivity index (χ0v) is 9.88. The van der Waals surface area contributed by atoms with Crippen LogP contribution in [0.25, 0.3) is 0 Å². The van der Waals surface area contributed by atoms with Crippen molar-refractivity contribution >= 4 is 0 Å². The second-order valence-electron chi connectivity index (χ2n) is 3.69. The first-order valence-corrected chi connectivity index (χ1v) is 5.32. The van der Waals surface area contributed by atoms with Crippen molar-refractivity contribution in [3.05, 3.63) is 47.9 Å². The number of rotatable bonds is 4. The Kier molecular flexibility index (Phi) is 3.67. The van der Waals surface area contributed by atoms with Gasteiger partial charge in [0.25, 0.3) is 0 Å². The topological polar surface area (TPSA) is 44.2 Å². The van der Waals surface area contributed by atoms with Crippen molar-refractivity contribution in [2.24, 2.45) is 0 Å². The molecule has 17 heavy (non-hydrogen) atoms. The predicted molar refractivity (Wildman–Crippen MR) is 64.0 cm³/mol. The van der Waals surface area contributed by atoms with Crippen LogP contribution in [-0.4, -0.2) is 17.1 Å². The number of nitrogens with zero attached hydrogens (tertiary/aromatic N) is 2. The van der Waals surface area contributed by atoms with E-state index >= 15 is 0 Å². The summed E-state index contributed by atoms with van der Waals surface area (Å²) in [5, 5.41) is 0. The molecule has 0 atom stereocenters. The van der Waals surface area contributed by atoms with Crippen LogP contribution in [0.15, 0.2) is 36.7 Å². The third kappa shape index (κ3) is 3.26. The predicted octanol–water partition coefficient (Wildman–Crippen LogP) is 2.72. The smallest absolute Gasteiger partial charge is 0.237 e. The lowest BCUT2D eigenvalue weighted by atomic mass is 10.2. The maximum Gasteiger partial charge on any atom is 0.237 e. The molecule has 0 spiro atoms. The molecule has 0 unspecified atom stereocenters. The highest BCUT2D eigenvalue weighted by atomic mass is 16.5. The van der Waals surface area contributed by atoms with E-state index in [4.69, 9.17) is 9.47 Å². The number of benzene rings is 1. The molecule has 88 valence electrons. The van der Waals surface area contributed by atoms with Gasteiger partial charge in [0.15, 0.2) is 0 Å². The Labute approximate surface area is 100 Å². The Morgan fingerprint density at radius 3 is 2.41 bits per heavy atom. The van der Waals surface area contributed by atoms with Gasteiger partial charge in [0.05, 0.1) is 24.7 Å². The van der Waals surface area contributed by atoms with Gasteiger partial charge < -0.3 is 9.47 Å². The molecule has 0 aliphatic carbocycles. The quantitative estimate of drug-likeness (QED) is 0.810. The molecule has 0 aliphatic heterocycles. The molecule has 0 saturated carbocycles. The number of aromatic nitrogens is 2. The number of methoxy groups -OCH3 is 1. The largest absolute Gasteiger partial charge is 0.438 e. The summed E-state index contributed by atoms with van der Waals surface area (Å²) in [4.78, 5) is 8.32. The zero-order chi connectivity index (χ0) is 12.1. The second-order valence-corrected chi connectivity index (χ2v) is 3.69. The molecule has 2 aromatic rings. The summed E-state index contributed by atoms with van der Waals surface area (Å²) in [5.41, 5.74) is 1.97. The lowest BCUT2D eigenvalue weighted by molar-refractivity contribution is 0.181. The third-order valence-corrected chi connectivity index (χ3v) is 2.22. The first-order chi connectivity index (χ1) is 8.28. The minimum absolute atomic E-state index is 0.456. The van der Waals surface area contributed by atoms with E-state index in [2.05, 4.69) is 9.97 Å². The lowest BCUT2D eigenvalue weighted by Gasteiger charge is -2.05. The highest BCUT2D eigenvalue weighted by Gasteiger charge is 2.00. The molecule has 4 heteroatoms. The summed E-state index contributed by atoms with van der Waals surface area (Å²) in [7, 11) is 1.62. The average Bonchev–Trinajstić information content (AvgIpc) is 2.35. The zero-order valence-electron chi connectivity index (χ0n) is 9.88. The summed E-state index contributed by atoms with van der Waals surface area (Å²) >= 11 is 0. The fraction of sp³-hybridized carbons (Fsp3) is 0.231. The first-order valence-electron chi connectivity index (χ1n) is 5.32. The molecule has 1 heterocycles. The molecule has 0 fully saturated rings. The molecule has 1 aromatic heterocycles. The minimum atomic E-state index is 0.456. The number of aryl methyl sites for hydroxylation is 1. The normalized spacial score (nSPS) is 10.2. The SMILES string of the molecule is COCc1cnc(Oc2ccc(C)cc2)cn1. The summed E-state index contributed by atoms with van der Waals surface area (Å²) in [6.45, 7) is 2.49. The molecule has 2 rings (SSSR count). The monoisotopic (exact) mass is 230 g/mol. The van der Waals surface area contributed by atoms with Gasteiger partial charge in [-0.05, 0) is 19.1 Å². The molecule has 0 N–H and O–H groups in total. The Morgan fingerprint density at radius 1 is 1.06 bits per heavy atom. The highest BCUT2D eigenvalue weighted by molar-refractivity contribution is 5.29. The fourth-order valence-electron chi connectivity index (χ4n) is 1.35. The Balaban J connectivity index is 2.05. The van der Waals surface area contributed by atoms with Crippen LogP contribution in [-0.2, 0) is 11.3 Å². The van der Waals surface area contributed by atoms with Crippen LogP contribution >= 0.6 is 0 Å². The minimum Gasteiger partial charge on any atom is -0.438 e. The van der Waals surface area contributed by atoms with Crippen LogP contribution in [0.1, 0.15) is 11.3 Å². The van der Waals surface area contributed by atoms with Crippen molar-refractivity contribution in [2.75, 3.05) is 7.11 Å². The summed E-state index contributed by atoms with van der Waals surface area (Å²) in [5.74, 6) is 1.23. The van der Waals surface area contributed by atoms with Crippen LogP contribution < -0.4 is 4.74 Å². The molecular formula is C13H14N2O2. The Morgan fingerprint density at radius 2 is 1.82 bits per heavy atom. The van der Waals surface area contributed by atoms with Crippen molar-refractivity contribution in [1.82, 2.24) is 9.97 Å². The van der Waals surface area contributed by atoms with Gasteiger partial charge in [0, 0.05) is 7.11 Å². The van der Waals surface area contributed by atoms with Gasteiger partial charge in [-0.3, -0.25) is 4.98 Å². The molecule has 0 amide bonds. The second kappa shape index (κ2) is 5.41. The molecular weight excluding hydrogens is 216 g/mol. The van der Waals surface area contributed by atoms with Gasteiger partial charge in [0.1, 0.15) is 5.75 Å². The van der Waals surface area contributed by atoms with Crippen molar-refractivity contribution < 1.29 is 9.47 Å². The van der Waals surface area contributed by atoms with E-state index in [0.717, 1.165) is 11.4 Å².